The maximum atomic E-state index is 11.8. The lowest BCUT2D eigenvalue weighted by molar-refractivity contribution is -0.384. The highest BCUT2D eigenvalue weighted by atomic mass is 35.5. The molecule has 7 nitrogen and oxygen atoms in total. The maximum absolute atomic E-state index is 11.8. The van der Waals surface area contributed by atoms with Crippen LogP contribution in [0.3, 0.4) is 0 Å². The van der Waals surface area contributed by atoms with Gasteiger partial charge < -0.3 is 11.1 Å². The number of nitro groups is 1. The zero-order valence-electron chi connectivity index (χ0n) is 15.2. The topological polar surface area (TPSA) is 111 Å². The first kappa shape index (κ1) is 23.9. The van der Waals surface area contributed by atoms with E-state index in [0.717, 1.165) is 22.4 Å². The Morgan fingerprint density at radius 1 is 0.966 bits per heavy atom. The van der Waals surface area contributed by atoms with Crippen LogP contribution in [-0.4, -0.2) is 21.9 Å². The molecule has 0 saturated heterocycles. The summed E-state index contributed by atoms with van der Waals surface area (Å²) in [6, 6.07) is 16.9. The van der Waals surface area contributed by atoms with E-state index in [2.05, 4.69) is 10.3 Å². The van der Waals surface area contributed by atoms with E-state index < -0.39 is 16.9 Å². The molecule has 152 valence electrons. The summed E-state index contributed by atoms with van der Waals surface area (Å²) in [5, 5.41) is 13.9. The average Bonchev–Trinajstić information content (AvgIpc) is 2.69. The number of aromatic nitrogens is 1. The lowest BCUT2D eigenvalue weighted by Gasteiger charge is -2.17. The molecule has 0 unspecified atom stereocenters. The fraction of sp³-hybridized carbons (Fsp3) is 0.100. The Kier molecular flexibility index (Phi) is 9.05. The number of nitrogens with two attached hydrogens (primary N) is 1. The van der Waals surface area contributed by atoms with Crippen LogP contribution in [0, 0.1) is 10.1 Å². The molecule has 0 radical (unpaired) electrons. The Hall–Kier alpha value is -3.16. The van der Waals surface area contributed by atoms with Crippen molar-refractivity contribution >= 4 is 42.1 Å². The molecule has 3 N–H and O–H groups in total. The summed E-state index contributed by atoms with van der Waals surface area (Å²) in [6.45, 7) is 0. The molecule has 0 aliphatic heterocycles. The molecule has 3 rings (SSSR count). The number of carbonyl (C=O) groups excluding carboxylic acids is 1. The fourth-order valence-electron chi connectivity index (χ4n) is 2.72. The lowest BCUT2D eigenvalue weighted by Crippen LogP contribution is -2.37. The second-order valence-corrected chi connectivity index (χ2v) is 6.04. The van der Waals surface area contributed by atoms with Crippen molar-refractivity contribution in [2.75, 3.05) is 5.32 Å². The predicted octanol–water partition coefficient (Wildman–Crippen LogP) is 4.01. The number of hydrogen-bond acceptors (Lipinski definition) is 5. The van der Waals surface area contributed by atoms with Gasteiger partial charge in [-0.05, 0) is 41.0 Å². The molecular weight excluding hydrogens is 415 g/mol. The summed E-state index contributed by atoms with van der Waals surface area (Å²) < 4.78 is 0. The van der Waals surface area contributed by atoms with Crippen LogP contribution in [0.1, 0.15) is 5.56 Å². The van der Waals surface area contributed by atoms with Crippen LogP contribution in [0.2, 0.25) is 0 Å². The van der Waals surface area contributed by atoms with Crippen molar-refractivity contribution in [3.63, 3.8) is 0 Å². The van der Waals surface area contributed by atoms with Gasteiger partial charge in [-0.15, -0.1) is 24.8 Å². The summed E-state index contributed by atoms with van der Waals surface area (Å²) in [5.41, 5.74) is 9.15. The number of anilines is 1. The Labute approximate surface area is 180 Å². The SMILES string of the molecule is Cl.Cl.NC(=O)[C@@H](Cc1ccc([N+](=O)[O-])cc1)Nc1ccc(-c2ccncc2)cc1. The second-order valence-electron chi connectivity index (χ2n) is 6.04. The number of hydrogen-bond donors (Lipinski definition) is 2. The van der Waals surface area contributed by atoms with Crippen molar-refractivity contribution in [3.8, 4) is 11.1 Å². The van der Waals surface area contributed by atoms with Crippen LogP contribution in [-0.2, 0) is 11.2 Å². The molecule has 1 atom stereocenters. The normalized spacial score (nSPS) is 10.8. The van der Waals surface area contributed by atoms with E-state index in [4.69, 9.17) is 5.73 Å². The molecule has 0 spiro atoms. The zero-order valence-corrected chi connectivity index (χ0v) is 16.9. The molecule has 2 aromatic carbocycles. The molecule has 0 saturated carbocycles. The molecule has 9 heteroatoms. The van der Waals surface area contributed by atoms with E-state index >= 15 is 0 Å². The third-order valence-electron chi connectivity index (χ3n) is 4.17. The van der Waals surface area contributed by atoms with Crippen LogP contribution in [0.5, 0.6) is 0 Å². The third-order valence-corrected chi connectivity index (χ3v) is 4.17. The minimum absolute atomic E-state index is 0. The summed E-state index contributed by atoms with van der Waals surface area (Å²) in [4.78, 5) is 26.1. The van der Waals surface area contributed by atoms with Gasteiger partial charge in [-0.25, -0.2) is 0 Å². The summed E-state index contributed by atoms with van der Waals surface area (Å²) in [5.74, 6) is -0.494. The average molecular weight is 435 g/mol. The Morgan fingerprint density at radius 2 is 1.52 bits per heavy atom. The molecule has 1 heterocycles. The van der Waals surface area contributed by atoms with Crippen LogP contribution < -0.4 is 11.1 Å². The third kappa shape index (κ3) is 6.44. The number of nitrogens with one attached hydrogen (secondary N) is 1. The van der Waals surface area contributed by atoms with Gasteiger partial charge in [0.1, 0.15) is 6.04 Å². The highest BCUT2D eigenvalue weighted by Gasteiger charge is 2.16. The monoisotopic (exact) mass is 434 g/mol. The van der Waals surface area contributed by atoms with E-state index in [1.54, 1.807) is 24.5 Å². The van der Waals surface area contributed by atoms with E-state index in [1.165, 1.54) is 12.1 Å². The number of non-ortho nitro benzene ring substituents is 1. The van der Waals surface area contributed by atoms with Gasteiger partial charge in [0.05, 0.1) is 4.92 Å². The number of rotatable bonds is 7. The molecule has 1 aromatic heterocycles. The Balaban J connectivity index is 0.00000210. The number of amides is 1. The highest BCUT2D eigenvalue weighted by Crippen LogP contribution is 2.21. The zero-order chi connectivity index (χ0) is 19.2. The van der Waals surface area contributed by atoms with Crippen molar-refractivity contribution in [1.82, 2.24) is 4.98 Å². The van der Waals surface area contributed by atoms with Crippen LogP contribution in [0.15, 0.2) is 73.1 Å². The quantitative estimate of drug-likeness (QED) is 0.430. The van der Waals surface area contributed by atoms with Gasteiger partial charge in [-0.2, -0.15) is 0 Å². The van der Waals surface area contributed by atoms with Gasteiger partial charge in [-0.1, -0.05) is 24.3 Å². The van der Waals surface area contributed by atoms with Gasteiger partial charge in [0.25, 0.3) is 5.69 Å². The first-order valence-electron chi connectivity index (χ1n) is 8.32. The van der Waals surface area contributed by atoms with Crippen molar-refractivity contribution in [2.24, 2.45) is 5.73 Å². The number of carbonyl (C=O) groups is 1. The van der Waals surface area contributed by atoms with Crippen molar-refractivity contribution < 1.29 is 9.72 Å². The van der Waals surface area contributed by atoms with Gasteiger partial charge in [0.2, 0.25) is 5.91 Å². The number of pyridine rings is 1. The highest BCUT2D eigenvalue weighted by molar-refractivity contribution is 5.85. The fourth-order valence-corrected chi connectivity index (χ4v) is 2.72. The largest absolute Gasteiger partial charge is 0.373 e. The molecule has 1 amide bonds. The van der Waals surface area contributed by atoms with Gasteiger partial charge in [-0.3, -0.25) is 19.9 Å². The second kappa shape index (κ2) is 11.0. The molecule has 0 fully saturated rings. The minimum atomic E-state index is -0.627. The first-order chi connectivity index (χ1) is 13.0. The molecule has 3 aromatic rings. The van der Waals surface area contributed by atoms with Crippen LogP contribution in [0.25, 0.3) is 11.1 Å². The molecule has 0 bridgehead atoms. The van der Waals surface area contributed by atoms with Crippen molar-refractivity contribution in [3.05, 3.63) is 88.7 Å². The maximum Gasteiger partial charge on any atom is 0.269 e. The summed E-state index contributed by atoms with van der Waals surface area (Å²) in [6.07, 6.45) is 3.79. The number of primary amides is 1. The Bertz CT molecular complexity index is 936. The van der Waals surface area contributed by atoms with Gasteiger partial charge >= 0.3 is 0 Å². The van der Waals surface area contributed by atoms with E-state index in [-0.39, 0.29) is 30.5 Å². The van der Waals surface area contributed by atoms with Crippen LogP contribution >= 0.6 is 24.8 Å². The number of nitro benzene ring substituents is 1. The standard InChI is InChI=1S/C20H18N4O3.2ClH/c21-20(25)19(13-14-1-7-18(8-2-14)24(26)27)23-17-5-3-15(4-6-17)16-9-11-22-12-10-16;;/h1-12,19,23H,13H2,(H2,21,25);2*1H/t19-;;/m1../s1. The number of halogens is 2. The minimum Gasteiger partial charge on any atom is -0.373 e. The molecule has 29 heavy (non-hydrogen) atoms. The first-order valence-corrected chi connectivity index (χ1v) is 8.32. The summed E-state index contributed by atoms with van der Waals surface area (Å²) >= 11 is 0. The lowest BCUT2D eigenvalue weighted by atomic mass is 10.0. The smallest absolute Gasteiger partial charge is 0.269 e. The molecular formula is C20H20Cl2N4O3. The number of benzene rings is 2. The summed E-state index contributed by atoms with van der Waals surface area (Å²) in [7, 11) is 0. The van der Waals surface area contributed by atoms with E-state index in [0.29, 0.717) is 6.42 Å². The van der Waals surface area contributed by atoms with E-state index in [9.17, 15) is 14.9 Å². The van der Waals surface area contributed by atoms with E-state index in [1.807, 2.05) is 36.4 Å². The van der Waals surface area contributed by atoms with Gasteiger partial charge in [0.15, 0.2) is 0 Å². The van der Waals surface area contributed by atoms with Crippen LogP contribution in [0.4, 0.5) is 11.4 Å². The molecule has 0 aliphatic carbocycles. The van der Waals surface area contributed by atoms with Crippen molar-refractivity contribution in [2.45, 2.75) is 12.5 Å². The van der Waals surface area contributed by atoms with Gasteiger partial charge in [0, 0.05) is 36.6 Å². The molecule has 0 aliphatic rings. The predicted molar refractivity (Wildman–Crippen MR) is 118 cm³/mol. The van der Waals surface area contributed by atoms with Crippen molar-refractivity contribution in [1.29, 1.82) is 0 Å². The number of nitrogens with zero attached hydrogens (tertiary/aromatic N) is 2. The Morgan fingerprint density at radius 3 is 2.03 bits per heavy atom.